The van der Waals surface area contributed by atoms with Crippen LogP contribution in [0.15, 0.2) is 43.0 Å². The van der Waals surface area contributed by atoms with E-state index in [-0.39, 0.29) is 0 Å². The number of aryl methyl sites for hydroxylation is 1. The topological polar surface area (TPSA) is 4.93 Å². The zero-order valence-electron chi connectivity index (χ0n) is 11.3. The van der Waals surface area contributed by atoms with Gasteiger partial charge >= 0.3 is 0 Å². The second-order valence-electron chi connectivity index (χ2n) is 4.57. The lowest BCUT2D eigenvalue weighted by Crippen LogP contribution is -1.91. The molecule has 1 aromatic carbocycles. The Hall–Kier alpha value is -1.76. The molecule has 1 heterocycles. The van der Waals surface area contributed by atoms with Crippen molar-refractivity contribution < 1.29 is 0 Å². The van der Waals surface area contributed by atoms with Gasteiger partial charge in [0.1, 0.15) is 0 Å². The number of rotatable bonds is 5. The monoisotopic (exact) mass is 239 g/mol. The van der Waals surface area contributed by atoms with E-state index in [9.17, 15) is 0 Å². The number of fused-ring (bicyclic) bond motifs is 1. The third kappa shape index (κ3) is 2.26. The third-order valence-corrected chi connectivity index (χ3v) is 3.38. The van der Waals surface area contributed by atoms with E-state index in [1.165, 1.54) is 22.2 Å². The maximum Gasteiger partial charge on any atom is 0.0527 e. The van der Waals surface area contributed by atoms with Gasteiger partial charge in [0, 0.05) is 17.3 Å². The summed E-state index contributed by atoms with van der Waals surface area (Å²) in [4.78, 5) is 0. The molecule has 0 amide bonds. The highest BCUT2D eigenvalue weighted by Crippen LogP contribution is 2.27. The quantitative estimate of drug-likeness (QED) is 0.651. The van der Waals surface area contributed by atoms with Crippen LogP contribution in [0.4, 0.5) is 0 Å². The molecule has 0 saturated heterocycles. The predicted molar refractivity (Wildman–Crippen MR) is 80.8 cm³/mol. The second-order valence-corrected chi connectivity index (χ2v) is 4.57. The first-order valence-corrected chi connectivity index (χ1v) is 6.65. The Morgan fingerprint density at radius 1 is 1.28 bits per heavy atom. The lowest BCUT2D eigenvalue weighted by molar-refractivity contribution is 0.975. The number of allylic oxidation sites excluding steroid dienone is 2. The van der Waals surface area contributed by atoms with Crippen molar-refractivity contribution in [2.24, 2.45) is 0 Å². The number of nitrogens with zero attached hydrogens (tertiary/aromatic N) is 1. The van der Waals surface area contributed by atoms with Gasteiger partial charge in [0.25, 0.3) is 0 Å². The summed E-state index contributed by atoms with van der Waals surface area (Å²) in [6.07, 6.45) is 9.56. The summed E-state index contributed by atoms with van der Waals surface area (Å²) in [6.45, 7) is 8.19. The minimum Gasteiger partial charge on any atom is -0.321 e. The van der Waals surface area contributed by atoms with E-state index >= 15 is 0 Å². The van der Waals surface area contributed by atoms with E-state index in [4.69, 9.17) is 0 Å². The molecule has 0 spiro atoms. The molecule has 0 aliphatic carbocycles. The van der Waals surface area contributed by atoms with Crippen molar-refractivity contribution >= 4 is 17.1 Å². The SMILES string of the molecule is C=CCCc1c(C)n(/C=C/CC)c2ccccc12. The minimum atomic E-state index is 1.03. The number of hydrogen-bond acceptors (Lipinski definition) is 0. The molecule has 1 heteroatoms. The van der Waals surface area contributed by atoms with Crippen LogP contribution in [0.1, 0.15) is 31.0 Å². The zero-order chi connectivity index (χ0) is 13.0. The fourth-order valence-corrected chi connectivity index (χ4v) is 2.42. The summed E-state index contributed by atoms with van der Waals surface area (Å²) in [6, 6.07) is 8.64. The van der Waals surface area contributed by atoms with Crippen molar-refractivity contribution in [3.63, 3.8) is 0 Å². The highest BCUT2D eigenvalue weighted by atomic mass is 15.0. The fraction of sp³-hybridized carbons (Fsp3) is 0.294. The maximum absolute atomic E-state index is 3.82. The van der Waals surface area contributed by atoms with Crippen LogP contribution in [-0.4, -0.2) is 4.57 Å². The lowest BCUT2D eigenvalue weighted by atomic mass is 10.1. The van der Waals surface area contributed by atoms with E-state index in [1.807, 2.05) is 6.08 Å². The molecule has 0 radical (unpaired) electrons. The summed E-state index contributed by atoms with van der Waals surface area (Å²) < 4.78 is 2.30. The van der Waals surface area contributed by atoms with Gasteiger partial charge < -0.3 is 4.57 Å². The Bertz CT molecular complexity index is 573. The van der Waals surface area contributed by atoms with Crippen LogP contribution in [0, 0.1) is 6.92 Å². The molecule has 0 fully saturated rings. The molecule has 0 saturated carbocycles. The second kappa shape index (κ2) is 5.72. The zero-order valence-corrected chi connectivity index (χ0v) is 11.3. The Balaban J connectivity index is 2.59. The van der Waals surface area contributed by atoms with Crippen molar-refractivity contribution in [3.8, 4) is 0 Å². The first-order valence-electron chi connectivity index (χ1n) is 6.65. The van der Waals surface area contributed by atoms with Gasteiger partial charge in [-0.15, -0.1) is 6.58 Å². The molecule has 2 aromatic rings. The fourth-order valence-electron chi connectivity index (χ4n) is 2.42. The van der Waals surface area contributed by atoms with Crippen molar-refractivity contribution in [3.05, 3.63) is 54.3 Å². The molecule has 0 aliphatic rings. The molecule has 0 unspecified atom stereocenters. The van der Waals surface area contributed by atoms with E-state index < -0.39 is 0 Å². The van der Waals surface area contributed by atoms with Crippen LogP contribution in [-0.2, 0) is 6.42 Å². The molecule has 1 nitrogen and oxygen atoms in total. The Kier molecular flexibility index (Phi) is 4.03. The minimum absolute atomic E-state index is 1.03. The van der Waals surface area contributed by atoms with E-state index in [2.05, 4.69) is 61.5 Å². The van der Waals surface area contributed by atoms with Crippen LogP contribution in [0.3, 0.4) is 0 Å². The predicted octanol–water partition coefficient (Wildman–Crippen LogP) is 4.95. The highest BCUT2D eigenvalue weighted by molar-refractivity contribution is 5.87. The van der Waals surface area contributed by atoms with E-state index in [1.54, 1.807) is 0 Å². The molecular formula is C17H21N. The Labute approximate surface area is 109 Å². The normalized spacial score (nSPS) is 11.4. The first-order chi connectivity index (χ1) is 8.79. The van der Waals surface area contributed by atoms with Crippen LogP contribution < -0.4 is 0 Å². The Morgan fingerprint density at radius 3 is 2.78 bits per heavy atom. The Morgan fingerprint density at radius 2 is 2.06 bits per heavy atom. The molecule has 2 rings (SSSR count). The van der Waals surface area contributed by atoms with Gasteiger partial charge in [-0.1, -0.05) is 37.3 Å². The molecule has 0 aliphatic heterocycles. The number of hydrogen-bond donors (Lipinski definition) is 0. The summed E-state index contributed by atoms with van der Waals surface area (Å²) >= 11 is 0. The molecule has 0 bridgehead atoms. The first kappa shape index (κ1) is 12.7. The van der Waals surface area contributed by atoms with Crippen LogP contribution in [0.25, 0.3) is 17.1 Å². The smallest absolute Gasteiger partial charge is 0.0527 e. The molecule has 0 atom stereocenters. The number of para-hydroxylation sites is 1. The van der Waals surface area contributed by atoms with Gasteiger partial charge in [-0.2, -0.15) is 0 Å². The van der Waals surface area contributed by atoms with Gasteiger partial charge in [0.05, 0.1) is 5.52 Å². The van der Waals surface area contributed by atoms with E-state index in [0.717, 1.165) is 19.3 Å². The number of aromatic nitrogens is 1. The average Bonchev–Trinajstić information content (AvgIpc) is 2.66. The van der Waals surface area contributed by atoms with Crippen LogP contribution in [0.5, 0.6) is 0 Å². The van der Waals surface area contributed by atoms with Gasteiger partial charge in [-0.3, -0.25) is 0 Å². The van der Waals surface area contributed by atoms with Gasteiger partial charge in [-0.05, 0) is 37.8 Å². The maximum atomic E-state index is 3.82. The van der Waals surface area contributed by atoms with Crippen LogP contribution in [0.2, 0.25) is 0 Å². The average molecular weight is 239 g/mol. The van der Waals surface area contributed by atoms with Gasteiger partial charge in [-0.25, -0.2) is 0 Å². The summed E-state index contributed by atoms with van der Waals surface area (Å²) in [5.74, 6) is 0. The van der Waals surface area contributed by atoms with Crippen molar-refractivity contribution in [2.75, 3.05) is 0 Å². The summed E-state index contributed by atoms with van der Waals surface area (Å²) in [7, 11) is 0. The summed E-state index contributed by atoms with van der Waals surface area (Å²) in [5, 5.41) is 1.37. The molecular weight excluding hydrogens is 218 g/mol. The molecule has 18 heavy (non-hydrogen) atoms. The van der Waals surface area contributed by atoms with Crippen molar-refractivity contribution in [1.82, 2.24) is 4.57 Å². The van der Waals surface area contributed by atoms with Crippen LogP contribution >= 0.6 is 0 Å². The van der Waals surface area contributed by atoms with Crippen molar-refractivity contribution in [2.45, 2.75) is 33.1 Å². The number of benzene rings is 1. The summed E-state index contributed by atoms with van der Waals surface area (Å²) in [5.41, 5.74) is 4.10. The van der Waals surface area contributed by atoms with E-state index in [0.29, 0.717) is 0 Å². The molecule has 94 valence electrons. The lowest BCUT2D eigenvalue weighted by Gasteiger charge is -2.02. The third-order valence-electron chi connectivity index (χ3n) is 3.38. The van der Waals surface area contributed by atoms with Crippen molar-refractivity contribution in [1.29, 1.82) is 0 Å². The largest absolute Gasteiger partial charge is 0.321 e. The highest BCUT2D eigenvalue weighted by Gasteiger charge is 2.10. The molecule has 1 aromatic heterocycles. The molecule has 0 N–H and O–H groups in total. The standard InChI is InChI=1S/C17H21N/c1-4-6-10-15-14(3)18(13-7-5-2)17-12-9-8-11-16(15)17/h4,7-9,11-13H,1,5-6,10H2,2-3H3/b13-7+. The van der Waals surface area contributed by atoms with Gasteiger partial charge in [0.15, 0.2) is 0 Å². The van der Waals surface area contributed by atoms with Gasteiger partial charge in [0.2, 0.25) is 0 Å².